The zero-order valence-corrected chi connectivity index (χ0v) is 71.1. The second-order valence-electron chi connectivity index (χ2n) is 40.0. The van der Waals surface area contributed by atoms with E-state index < -0.39 is 0 Å². The molecule has 0 radical (unpaired) electrons. The second-order valence-corrected chi connectivity index (χ2v) is 40.0. The molecule has 0 saturated carbocycles. The van der Waals surface area contributed by atoms with Crippen molar-refractivity contribution in [1.82, 2.24) is 0 Å². The summed E-state index contributed by atoms with van der Waals surface area (Å²) >= 11 is 0. The predicted molar refractivity (Wildman–Crippen MR) is 455 cm³/mol. The molecule has 0 aliphatic carbocycles. The third-order valence-electron chi connectivity index (χ3n) is 23.0. The van der Waals surface area contributed by atoms with E-state index in [1.807, 2.05) is 0 Å². The van der Waals surface area contributed by atoms with E-state index in [1.54, 1.807) is 0 Å². The van der Waals surface area contributed by atoms with Crippen LogP contribution in [0.3, 0.4) is 0 Å². The Bertz CT molecular complexity index is 4150. The van der Waals surface area contributed by atoms with Gasteiger partial charge in [-0.25, -0.2) is 0 Å². The summed E-state index contributed by atoms with van der Waals surface area (Å²) in [6, 6.07) is 70.1. The standard InChI is InChI=1S/C102H130N.BrH/c1-27-29-31-37-43-103(44-38-32-30-28-2)65-91-89(77-47-69(73-51-79(95(3,4)5)61-80(52-73)96(6,7)8)45-70(48-77)74-53-81(97(9,10)11)62-82(54-74)98(12,13)14)59-67-39-33-35-41-87(67)93(91)94-88-42-36-34-40-68(88)60-90(92(94)66-103)78-49-71(75-55-83(99(15,16)17)63-84(56-75)100(18,19)20)46-72(50-78)76-57-85(101(21,22)23)64-86(58-76)102(24,25)26;/h33-36,39-42,45-64H,27-32,37-38,43-44,65-66H2,1-26H3;1H/q+1;/p-1. The molecule has 0 unspecified atom stereocenters. The van der Waals surface area contributed by atoms with Gasteiger partial charge in [-0.1, -0.05) is 327 Å². The smallest absolute Gasteiger partial charge is 0.106 e. The highest BCUT2D eigenvalue weighted by atomic mass is 79.9. The first-order valence-electron chi connectivity index (χ1n) is 39.8. The Labute approximate surface area is 642 Å². The minimum Gasteiger partial charge on any atom is -1.00 e. The maximum atomic E-state index is 2.64. The zero-order chi connectivity index (χ0) is 75.0. The van der Waals surface area contributed by atoms with Crippen LogP contribution in [0.5, 0.6) is 0 Å². The first kappa shape index (κ1) is 79.7. The Balaban J connectivity index is 0.0000116. The molecule has 1 nitrogen and oxygen atoms in total. The Kier molecular flexibility index (Phi) is 22.8. The maximum absolute atomic E-state index is 2.64. The van der Waals surface area contributed by atoms with Crippen LogP contribution in [-0.4, -0.2) is 17.6 Å². The van der Waals surface area contributed by atoms with Gasteiger partial charge in [-0.2, -0.15) is 0 Å². The lowest BCUT2D eigenvalue weighted by Gasteiger charge is -2.39. The zero-order valence-electron chi connectivity index (χ0n) is 69.5. The SMILES string of the molecule is CCCCCC[N+]1(CCCCCC)Cc2c(-c3cc(-c4cc(C(C)(C)C)cc(C(C)(C)C)c4)cc(-c4cc(C(C)(C)C)cc(C(C)(C)C)c4)c3)cc3ccccc3c2-c2c(c(-c3cc(-c4cc(C(C)(C)C)cc(C(C)(C)C)c4)cc(-c4cc(C(C)(C)C)cc(C(C)(C)C)c4)c3)cc3ccccc23)C1.[Br-]. The van der Waals surface area contributed by atoms with Gasteiger partial charge < -0.3 is 21.5 Å². The number of hydrogen-bond acceptors (Lipinski definition) is 0. The molecule has 10 aromatic rings. The van der Waals surface area contributed by atoms with Crippen molar-refractivity contribution in [2.24, 2.45) is 0 Å². The minimum atomic E-state index is -0.0532. The van der Waals surface area contributed by atoms with Gasteiger partial charge in [0.25, 0.3) is 0 Å². The number of benzene rings is 10. The van der Waals surface area contributed by atoms with Crippen LogP contribution in [0.25, 0.3) is 99.4 Å². The van der Waals surface area contributed by atoms with E-state index in [0.29, 0.717) is 0 Å². The van der Waals surface area contributed by atoms with Gasteiger partial charge in [0.1, 0.15) is 13.1 Å². The number of hydrogen-bond donors (Lipinski definition) is 0. The fraction of sp³-hybridized carbons (Fsp3) is 0.451. The predicted octanol–water partition coefficient (Wildman–Crippen LogP) is 27.0. The van der Waals surface area contributed by atoms with Gasteiger partial charge in [0.2, 0.25) is 0 Å². The fourth-order valence-corrected chi connectivity index (χ4v) is 16.0. The average molecular weight is 1450 g/mol. The Morgan fingerprint density at radius 3 is 0.702 bits per heavy atom. The number of unbranched alkanes of at least 4 members (excludes halogenated alkanes) is 6. The highest BCUT2D eigenvalue weighted by Gasteiger charge is 2.39. The van der Waals surface area contributed by atoms with Crippen LogP contribution in [0, 0.1) is 0 Å². The summed E-state index contributed by atoms with van der Waals surface area (Å²) in [6.07, 6.45) is 9.78. The highest BCUT2D eigenvalue weighted by molar-refractivity contribution is 6.12. The van der Waals surface area contributed by atoms with Crippen molar-refractivity contribution in [3.63, 3.8) is 0 Å². The molecule has 1 heterocycles. The van der Waals surface area contributed by atoms with Crippen LogP contribution < -0.4 is 17.0 Å². The molecule has 11 rings (SSSR count). The van der Waals surface area contributed by atoms with Crippen molar-refractivity contribution < 1.29 is 21.5 Å². The molecule has 0 bridgehead atoms. The van der Waals surface area contributed by atoms with E-state index in [9.17, 15) is 0 Å². The molecule has 0 saturated heterocycles. The van der Waals surface area contributed by atoms with Gasteiger partial charge in [0.15, 0.2) is 0 Å². The van der Waals surface area contributed by atoms with Crippen molar-refractivity contribution in [2.45, 2.75) is 288 Å². The van der Waals surface area contributed by atoms with Gasteiger partial charge in [0.05, 0.1) is 13.1 Å². The molecule has 0 fully saturated rings. The largest absolute Gasteiger partial charge is 1.00 e. The molecule has 0 aromatic heterocycles. The Hall–Kier alpha value is -6.84. The molecular formula is C102H130BrN. The van der Waals surface area contributed by atoms with E-state index in [2.05, 4.69) is 350 Å². The number of rotatable bonds is 16. The number of fused-ring (bicyclic) bond motifs is 7. The van der Waals surface area contributed by atoms with Crippen molar-refractivity contribution >= 4 is 21.5 Å². The molecule has 1 aliphatic heterocycles. The fourth-order valence-electron chi connectivity index (χ4n) is 16.0. The summed E-state index contributed by atoms with van der Waals surface area (Å²) in [6.45, 7) is 66.1. The van der Waals surface area contributed by atoms with E-state index >= 15 is 0 Å². The highest BCUT2D eigenvalue weighted by Crippen LogP contribution is 2.53. The van der Waals surface area contributed by atoms with Crippen molar-refractivity contribution in [3.8, 4) is 77.9 Å². The molecule has 104 heavy (non-hydrogen) atoms. The topological polar surface area (TPSA) is 0 Å². The normalized spacial score (nSPS) is 14.0. The lowest BCUT2D eigenvalue weighted by atomic mass is 9.77. The van der Waals surface area contributed by atoms with Crippen LogP contribution in [0.2, 0.25) is 0 Å². The Morgan fingerprint density at radius 2 is 0.471 bits per heavy atom. The molecule has 0 N–H and O–H groups in total. The first-order valence-corrected chi connectivity index (χ1v) is 39.8. The quantitative estimate of drug-likeness (QED) is 0.0668. The summed E-state index contributed by atoms with van der Waals surface area (Å²) < 4.78 is 0.999. The average Bonchev–Trinajstić information content (AvgIpc) is 1.45. The van der Waals surface area contributed by atoms with Crippen molar-refractivity contribution in [2.75, 3.05) is 13.1 Å². The molecule has 550 valence electrons. The summed E-state index contributed by atoms with van der Waals surface area (Å²) in [7, 11) is 0. The molecular weight excluding hydrogens is 1320 g/mol. The van der Waals surface area contributed by atoms with Gasteiger partial charge in [-0.3, -0.25) is 0 Å². The maximum Gasteiger partial charge on any atom is 0.106 e. The van der Waals surface area contributed by atoms with E-state index in [0.717, 1.165) is 30.7 Å². The molecule has 10 aromatic carbocycles. The van der Waals surface area contributed by atoms with Gasteiger partial charge in [-0.15, -0.1) is 0 Å². The number of halogens is 1. The Morgan fingerprint density at radius 1 is 0.250 bits per heavy atom. The van der Waals surface area contributed by atoms with Crippen LogP contribution in [0.15, 0.2) is 170 Å². The van der Waals surface area contributed by atoms with E-state index in [4.69, 9.17) is 0 Å². The van der Waals surface area contributed by atoms with Crippen LogP contribution >= 0.6 is 0 Å². The van der Waals surface area contributed by atoms with Gasteiger partial charge in [-0.05, 0) is 250 Å². The van der Waals surface area contributed by atoms with Crippen LogP contribution in [0.4, 0.5) is 0 Å². The minimum absolute atomic E-state index is 0. The molecule has 0 atom stereocenters. The van der Waals surface area contributed by atoms with Crippen LogP contribution in [0.1, 0.15) is 287 Å². The monoisotopic (exact) mass is 1450 g/mol. The summed E-state index contributed by atoms with van der Waals surface area (Å²) in [4.78, 5) is 0. The summed E-state index contributed by atoms with van der Waals surface area (Å²) in [5.74, 6) is 0. The van der Waals surface area contributed by atoms with Gasteiger partial charge >= 0.3 is 0 Å². The number of nitrogens with zero attached hydrogens (tertiary/aromatic N) is 1. The molecule has 0 amide bonds. The van der Waals surface area contributed by atoms with E-state index in [-0.39, 0.29) is 60.3 Å². The van der Waals surface area contributed by atoms with E-state index in [1.165, 1.54) is 206 Å². The lowest BCUT2D eigenvalue weighted by Crippen LogP contribution is -3.00. The number of quaternary nitrogens is 1. The third-order valence-corrected chi connectivity index (χ3v) is 23.0. The third kappa shape index (κ3) is 17.6. The van der Waals surface area contributed by atoms with Crippen molar-refractivity contribution in [1.29, 1.82) is 0 Å². The lowest BCUT2D eigenvalue weighted by molar-refractivity contribution is -0.953. The first-order chi connectivity index (χ1) is 47.9. The summed E-state index contributed by atoms with van der Waals surface area (Å²) in [5.41, 5.74) is 31.9. The second kappa shape index (κ2) is 29.7. The molecule has 1 aliphatic rings. The molecule has 2 heteroatoms. The van der Waals surface area contributed by atoms with Crippen LogP contribution in [-0.2, 0) is 56.4 Å². The molecule has 0 spiro atoms. The summed E-state index contributed by atoms with van der Waals surface area (Å²) in [5, 5.41) is 5.26. The van der Waals surface area contributed by atoms with Gasteiger partial charge in [0, 0.05) is 22.3 Å². The van der Waals surface area contributed by atoms with Crippen molar-refractivity contribution in [3.05, 3.63) is 225 Å².